The number of hydrogen-bond acceptors (Lipinski definition) is 3. The average molecular weight is 310 g/mol. The van der Waals surface area contributed by atoms with Crippen LogP contribution in [-0.4, -0.2) is 18.7 Å². The Hall–Kier alpha value is -2.62. The van der Waals surface area contributed by atoms with Gasteiger partial charge in [-0.2, -0.15) is 5.10 Å². The highest BCUT2D eigenvalue weighted by molar-refractivity contribution is 6.01. The third kappa shape index (κ3) is 4.19. The van der Waals surface area contributed by atoms with E-state index >= 15 is 0 Å². The molecule has 0 unspecified atom stereocenters. The van der Waals surface area contributed by atoms with Gasteiger partial charge in [-0.1, -0.05) is 50.2 Å². The Kier molecular flexibility index (Phi) is 5.52. The van der Waals surface area contributed by atoms with Crippen LogP contribution in [0.1, 0.15) is 48.2 Å². The van der Waals surface area contributed by atoms with Gasteiger partial charge in [0.05, 0.1) is 18.4 Å². The fraction of sp³-hybridized carbons (Fsp3) is 0.263. The molecule has 2 rings (SSSR count). The summed E-state index contributed by atoms with van der Waals surface area (Å²) in [6.45, 7) is 6.18. The third-order valence-corrected chi connectivity index (χ3v) is 3.67. The fourth-order valence-corrected chi connectivity index (χ4v) is 2.20. The van der Waals surface area contributed by atoms with Crippen molar-refractivity contribution in [1.29, 1.82) is 0 Å². The van der Waals surface area contributed by atoms with Crippen LogP contribution in [0.2, 0.25) is 0 Å². The lowest BCUT2D eigenvalue weighted by Gasteiger charge is -2.08. The smallest absolute Gasteiger partial charge is 0.275 e. The molecule has 0 heterocycles. The van der Waals surface area contributed by atoms with E-state index in [9.17, 15) is 4.79 Å². The van der Waals surface area contributed by atoms with Crippen LogP contribution in [-0.2, 0) is 0 Å². The molecule has 0 aromatic heterocycles. The number of nitrogens with zero attached hydrogens (tertiary/aromatic N) is 1. The number of hydrogen-bond donors (Lipinski definition) is 1. The summed E-state index contributed by atoms with van der Waals surface area (Å²) in [5.41, 5.74) is 6.05. The summed E-state index contributed by atoms with van der Waals surface area (Å²) in [5, 5.41) is 4.18. The minimum Gasteiger partial charge on any atom is -0.496 e. The molecular weight excluding hydrogens is 288 g/mol. The number of carbonyl (C=O) groups is 1. The monoisotopic (exact) mass is 310 g/mol. The molecular formula is C19H22N2O2. The summed E-state index contributed by atoms with van der Waals surface area (Å²) in [5.74, 6) is 0.728. The molecule has 0 bridgehead atoms. The Labute approximate surface area is 137 Å². The van der Waals surface area contributed by atoms with Gasteiger partial charge in [0.1, 0.15) is 5.75 Å². The maximum Gasteiger partial charge on any atom is 0.275 e. The minimum atomic E-state index is -0.291. The molecule has 4 heteroatoms. The lowest BCUT2D eigenvalue weighted by atomic mass is 10.0. The summed E-state index contributed by atoms with van der Waals surface area (Å²) in [6.07, 6.45) is 0. The molecule has 1 amide bonds. The van der Waals surface area contributed by atoms with Crippen molar-refractivity contribution in [1.82, 2.24) is 5.43 Å². The van der Waals surface area contributed by atoms with Crippen molar-refractivity contribution in [3.8, 4) is 5.75 Å². The summed E-state index contributed by atoms with van der Waals surface area (Å²) in [4.78, 5) is 12.2. The first kappa shape index (κ1) is 16.7. The molecule has 0 saturated carbocycles. The lowest BCUT2D eigenvalue weighted by molar-refractivity contribution is 0.0952. The predicted octanol–water partition coefficient (Wildman–Crippen LogP) is 3.97. The molecule has 0 atom stereocenters. The van der Waals surface area contributed by atoms with Crippen molar-refractivity contribution in [2.75, 3.05) is 7.11 Å². The van der Waals surface area contributed by atoms with Gasteiger partial charge in [-0.05, 0) is 36.1 Å². The molecule has 0 aliphatic heterocycles. The van der Waals surface area contributed by atoms with E-state index in [4.69, 9.17) is 4.74 Å². The van der Waals surface area contributed by atoms with Gasteiger partial charge in [0.15, 0.2) is 0 Å². The fourth-order valence-electron chi connectivity index (χ4n) is 2.20. The van der Waals surface area contributed by atoms with Crippen molar-refractivity contribution in [2.24, 2.45) is 5.10 Å². The topological polar surface area (TPSA) is 50.7 Å². The Morgan fingerprint density at radius 2 is 1.74 bits per heavy atom. The van der Waals surface area contributed by atoms with Crippen LogP contribution in [0, 0.1) is 0 Å². The van der Waals surface area contributed by atoms with Gasteiger partial charge in [-0.15, -0.1) is 0 Å². The number of ether oxygens (including phenoxy) is 1. The quantitative estimate of drug-likeness (QED) is 0.671. The van der Waals surface area contributed by atoms with E-state index in [1.54, 1.807) is 18.2 Å². The molecule has 2 aromatic rings. The Balaban J connectivity index is 2.11. The van der Waals surface area contributed by atoms with Crippen molar-refractivity contribution in [3.63, 3.8) is 0 Å². The van der Waals surface area contributed by atoms with Gasteiger partial charge in [-0.25, -0.2) is 5.43 Å². The second kappa shape index (κ2) is 7.58. The number of benzene rings is 2. The zero-order chi connectivity index (χ0) is 16.8. The van der Waals surface area contributed by atoms with E-state index < -0.39 is 0 Å². The molecule has 0 fully saturated rings. The van der Waals surface area contributed by atoms with E-state index in [0.29, 0.717) is 17.2 Å². The number of nitrogens with one attached hydrogen (secondary N) is 1. The zero-order valence-corrected chi connectivity index (χ0v) is 14.0. The van der Waals surface area contributed by atoms with Crippen LogP contribution < -0.4 is 10.2 Å². The Bertz CT molecular complexity index is 704. The molecule has 0 radical (unpaired) electrons. The molecule has 0 aliphatic carbocycles. The largest absolute Gasteiger partial charge is 0.496 e. The molecule has 1 N–H and O–H groups in total. The number of rotatable bonds is 5. The van der Waals surface area contributed by atoms with Crippen LogP contribution in [0.15, 0.2) is 53.6 Å². The maximum atomic E-state index is 12.2. The number of carbonyl (C=O) groups excluding carboxylic acids is 1. The van der Waals surface area contributed by atoms with E-state index in [1.165, 1.54) is 12.7 Å². The number of hydrazone groups is 1. The van der Waals surface area contributed by atoms with Crippen LogP contribution >= 0.6 is 0 Å². The third-order valence-electron chi connectivity index (χ3n) is 3.67. The summed E-state index contributed by atoms with van der Waals surface area (Å²) in [7, 11) is 1.54. The zero-order valence-electron chi connectivity index (χ0n) is 14.0. The molecule has 120 valence electrons. The highest BCUT2D eigenvalue weighted by atomic mass is 16.5. The maximum absolute atomic E-state index is 12.2. The molecule has 0 spiro atoms. The Morgan fingerprint density at radius 1 is 1.09 bits per heavy atom. The van der Waals surface area contributed by atoms with E-state index in [0.717, 1.165) is 11.3 Å². The lowest BCUT2D eigenvalue weighted by Crippen LogP contribution is -2.20. The average Bonchev–Trinajstić information content (AvgIpc) is 2.59. The second-order valence-electron chi connectivity index (χ2n) is 5.62. The number of methoxy groups -OCH3 is 1. The molecule has 2 aromatic carbocycles. The van der Waals surface area contributed by atoms with Crippen molar-refractivity contribution in [2.45, 2.75) is 26.7 Å². The van der Waals surface area contributed by atoms with Gasteiger partial charge in [0.2, 0.25) is 0 Å². The standard InChI is InChI=1S/C19H22N2O2/c1-13(2)15-9-11-16(12-10-15)14(3)20-21-19(22)17-7-5-6-8-18(17)23-4/h5-13H,1-4H3,(H,21,22)/b20-14+. The minimum absolute atomic E-state index is 0.291. The summed E-state index contributed by atoms with van der Waals surface area (Å²) < 4.78 is 5.18. The molecule has 4 nitrogen and oxygen atoms in total. The van der Waals surface area contributed by atoms with Gasteiger partial charge in [0.25, 0.3) is 5.91 Å². The first-order valence-corrected chi connectivity index (χ1v) is 7.61. The second-order valence-corrected chi connectivity index (χ2v) is 5.62. The predicted molar refractivity (Wildman–Crippen MR) is 93.2 cm³/mol. The van der Waals surface area contributed by atoms with Gasteiger partial charge < -0.3 is 4.74 Å². The van der Waals surface area contributed by atoms with Crippen LogP contribution in [0.25, 0.3) is 0 Å². The summed E-state index contributed by atoms with van der Waals surface area (Å²) in [6, 6.07) is 15.3. The highest BCUT2D eigenvalue weighted by Crippen LogP contribution is 2.17. The van der Waals surface area contributed by atoms with E-state index in [-0.39, 0.29) is 5.91 Å². The first-order chi connectivity index (χ1) is 11.0. The van der Waals surface area contributed by atoms with Gasteiger partial charge in [0, 0.05) is 0 Å². The first-order valence-electron chi connectivity index (χ1n) is 7.61. The number of para-hydroxylation sites is 1. The van der Waals surface area contributed by atoms with Gasteiger partial charge in [-0.3, -0.25) is 4.79 Å². The molecule has 23 heavy (non-hydrogen) atoms. The van der Waals surface area contributed by atoms with Crippen LogP contribution in [0.3, 0.4) is 0 Å². The van der Waals surface area contributed by atoms with Crippen molar-refractivity contribution < 1.29 is 9.53 Å². The Morgan fingerprint density at radius 3 is 2.35 bits per heavy atom. The van der Waals surface area contributed by atoms with E-state index in [2.05, 4.69) is 36.5 Å². The van der Waals surface area contributed by atoms with Crippen molar-refractivity contribution >= 4 is 11.6 Å². The van der Waals surface area contributed by atoms with Crippen LogP contribution in [0.5, 0.6) is 5.75 Å². The van der Waals surface area contributed by atoms with Crippen molar-refractivity contribution in [3.05, 3.63) is 65.2 Å². The normalized spacial score (nSPS) is 11.4. The molecule has 0 saturated heterocycles. The van der Waals surface area contributed by atoms with Gasteiger partial charge >= 0.3 is 0 Å². The van der Waals surface area contributed by atoms with E-state index in [1.807, 2.05) is 25.1 Å². The summed E-state index contributed by atoms with van der Waals surface area (Å²) >= 11 is 0. The highest BCUT2D eigenvalue weighted by Gasteiger charge is 2.10. The number of amides is 1. The SMILES string of the molecule is COc1ccccc1C(=O)N/N=C(\C)c1ccc(C(C)C)cc1. The van der Waals surface area contributed by atoms with Crippen LogP contribution in [0.4, 0.5) is 0 Å². The molecule has 0 aliphatic rings.